The number of rotatable bonds is 3. The van der Waals surface area contributed by atoms with E-state index in [0.717, 1.165) is 26.7 Å². The zero-order valence-corrected chi connectivity index (χ0v) is 12.8. The molecule has 0 fully saturated rings. The Bertz CT molecular complexity index is 699. The lowest BCUT2D eigenvalue weighted by molar-refractivity contribution is 0.104. The van der Waals surface area contributed by atoms with E-state index < -0.39 is 0 Å². The quantitative estimate of drug-likeness (QED) is 0.761. The third kappa shape index (κ3) is 3.03. The van der Waals surface area contributed by atoms with Crippen LogP contribution < -0.4 is 4.74 Å². The van der Waals surface area contributed by atoms with Gasteiger partial charge in [-0.15, -0.1) is 0 Å². The van der Waals surface area contributed by atoms with Crippen LogP contribution in [0.25, 0.3) is 6.08 Å². The predicted molar refractivity (Wildman–Crippen MR) is 86.8 cm³/mol. The van der Waals surface area contributed by atoms with E-state index in [1.165, 1.54) is 11.8 Å². The monoisotopic (exact) mass is 296 g/mol. The zero-order valence-electron chi connectivity index (χ0n) is 12.0. The zero-order chi connectivity index (χ0) is 14.8. The fourth-order valence-corrected chi connectivity index (χ4v) is 3.25. The second kappa shape index (κ2) is 5.78. The van der Waals surface area contributed by atoms with E-state index in [4.69, 9.17) is 4.74 Å². The summed E-state index contributed by atoms with van der Waals surface area (Å²) < 4.78 is 5.62. The lowest BCUT2D eigenvalue weighted by Gasteiger charge is -2.09. The first kappa shape index (κ1) is 14.0. The molecule has 0 spiro atoms. The molecule has 2 nitrogen and oxygen atoms in total. The molecule has 2 aromatic rings. The van der Waals surface area contributed by atoms with Crippen LogP contribution in [0.2, 0.25) is 0 Å². The van der Waals surface area contributed by atoms with Gasteiger partial charge in [0, 0.05) is 10.5 Å². The van der Waals surface area contributed by atoms with Gasteiger partial charge < -0.3 is 4.74 Å². The number of fused-ring (bicyclic) bond motifs is 1. The summed E-state index contributed by atoms with van der Waals surface area (Å²) in [4.78, 5) is 14.1. The number of hydrogen-bond donors (Lipinski definition) is 0. The van der Waals surface area contributed by atoms with Crippen molar-refractivity contribution < 1.29 is 9.53 Å². The minimum atomic E-state index is 0.109. The Morgan fingerprint density at radius 3 is 2.43 bits per heavy atom. The van der Waals surface area contributed by atoms with E-state index >= 15 is 0 Å². The molecular formula is C18H16O2S. The van der Waals surface area contributed by atoms with Crippen molar-refractivity contribution in [2.75, 3.05) is 0 Å². The number of benzene rings is 2. The van der Waals surface area contributed by atoms with Gasteiger partial charge in [-0.25, -0.2) is 0 Å². The molecule has 1 aliphatic rings. The van der Waals surface area contributed by atoms with Crippen LogP contribution in [0.1, 0.15) is 29.8 Å². The van der Waals surface area contributed by atoms with Crippen molar-refractivity contribution in [3.05, 3.63) is 64.6 Å². The minimum Gasteiger partial charge on any atom is -0.491 e. The van der Waals surface area contributed by atoms with Gasteiger partial charge in [0.2, 0.25) is 5.78 Å². The summed E-state index contributed by atoms with van der Waals surface area (Å²) in [5.74, 6) is 0.957. The lowest BCUT2D eigenvalue weighted by Crippen LogP contribution is -2.05. The number of carbonyl (C=O) groups excluding carboxylic acids is 1. The summed E-state index contributed by atoms with van der Waals surface area (Å²) in [6, 6.07) is 15.5. The Morgan fingerprint density at radius 2 is 1.76 bits per heavy atom. The van der Waals surface area contributed by atoms with Crippen molar-refractivity contribution in [3.8, 4) is 5.75 Å². The Morgan fingerprint density at radius 1 is 1.05 bits per heavy atom. The number of carbonyl (C=O) groups is 1. The van der Waals surface area contributed by atoms with E-state index in [-0.39, 0.29) is 11.9 Å². The van der Waals surface area contributed by atoms with Crippen LogP contribution >= 0.6 is 11.8 Å². The fraction of sp³-hybridized carbons (Fsp3) is 0.167. The van der Waals surface area contributed by atoms with Crippen LogP contribution in [-0.4, -0.2) is 11.9 Å². The second-order valence-corrected chi connectivity index (χ2v) is 6.26. The van der Waals surface area contributed by atoms with Crippen LogP contribution in [-0.2, 0) is 0 Å². The molecule has 0 N–H and O–H groups in total. The first-order valence-electron chi connectivity index (χ1n) is 6.93. The molecule has 0 radical (unpaired) electrons. The van der Waals surface area contributed by atoms with Gasteiger partial charge in [0.15, 0.2) is 0 Å². The number of allylic oxidation sites excluding steroid dienone is 1. The molecule has 2 aromatic carbocycles. The second-order valence-electron chi connectivity index (χ2n) is 5.17. The van der Waals surface area contributed by atoms with Gasteiger partial charge in [0.1, 0.15) is 5.75 Å². The highest BCUT2D eigenvalue weighted by molar-refractivity contribution is 8.04. The maximum absolute atomic E-state index is 12.3. The Labute approximate surface area is 128 Å². The molecule has 106 valence electrons. The van der Waals surface area contributed by atoms with Crippen molar-refractivity contribution in [2.45, 2.75) is 24.8 Å². The summed E-state index contributed by atoms with van der Waals surface area (Å²) in [5.41, 5.74) is 1.81. The third-order valence-corrected chi connectivity index (χ3v) is 4.22. The van der Waals surface area contributed by atoms with E-state index in [0.29, 0.717) is 0 Å². The molecule has 0 atom stereocenters. The molecule has 21 heavy (non-hydrogen) atoms. The van der Waals surface area contributed by atoms with E-state index in [1.54, 1.807) is 0 Å². The maximum atomic E-state index is 12.3. The van der Waals surface area contributed by atoms with Crippen molar-refractivity contribution in [3.63, 3.8) is 0 Å². The molecule has 0 amide bonds. The largest absolute Gasteiger partial charge is 0.491 e. The van der Waals surface area contributed by atoms with Crippen LogP contribution in [0, 0.1) is 0 Å². The molecule has 3 heteroatoms. The highest BCUT2D eigenvalue weighted by Gasteiger charge is 2.24. The summed E-state index contributed by atoms with van der Waals surface area (Å²) in [6.45, 7) is 4.00. The molecule has 0 aromatic heterocycles. The normalized spacial score (nSPS) is 15.6. The van der Waals surface area contributed by atoms with Gasteiger partial charge >= 0.3 is 0 Å². The number of Topliss-reactive ketones (excluding diaryl/α,β-unsaturated/α-hetero) is 1. The summed E-state index contributed by atoms with van der Waals surface area (Å²) in [6.07, 6.45) is 2.10. The molecule has 0 unspecified atom stereocenters. The predicted octanol–water partition coefficient (Wildman–Crippen LogP) is 4.80. The molecule has 0 aliphatic carbocycles. The van der Waals surface area contributed by atoms with E-state index in [1.807, 2.05) is 68.5 Å². The molecule has 3 rings (SSSR count). The number of ketones is 1. The summed E-state index contributed by atoms with van der Waals surface area (Å²) in [5, 5.41) is 0. The minimum absolute atomic E-state index is 0.109. The fourth-order valence-electron chi connectivity index (χ4n) is 2.20. The highest BCUT2D eigenvalue weighted by atomic mass is 32.2. The lowest BCUT2D eigenvalue weighted by atomic mass is 10.1. The Hall–Kier alpha value is -2.00. The van der Waals surface area contributed by atoms with E-state index in [9.17, 15) is 4.79 Å². The average Bonchev–Trinajstić information content (AvgIpc) is 2.78. The molecular weight excluding hydrogens is 280 g/mol. The van der Waals surface area contributed by atoms with Gasteiger partial charge in [0.25, 0.3) is 0 Å². The average molecular weight is 296 g/mol. The molecule has 0 bridgehead atoms. The van der Waals surface area contributed by atoms with Crippen LogP contribution in [0.4, 0.5) is 0 Å². The van der Waals surface area contributed by atoms with Gasteiger partial charge in [0.05, 0.1) is 11.0 Å². The number of thioether (sulfide) groups is 1. The number of hydrogen-bond acceptors (Lipinski definition) is 3. The smallest absolute Gasteiger partial charge is 0.200 e. The first-order chi connectivity index (χ1) is 10.1. The summed E-state index contributed by atoms with van der Waals surface area (Å²) >= 11 is 1.53. The first-order valence-corrected chi connectivity index (χ1v) is 7.75. The van der Waals surface area contributed by atoms with Crippen molar-refractivity contribution in [1.29, 1.82) is 0 Å². The van der Waals surface area contributed by atoms with E-state index in [2.05, 4.69) is 0 Å². The highest BCUT2D eigenvalue weighted by Crippen LogP contribution is 2.40. The Balaban J connectivity index is 1.82. The summed E-state index contributed by atoms with van der Waals surface area (Å²) in [7, 11) is 0. The van der Waals surface area contributed by atoms with Crippen molar-refractivity contribution >= 4 is 23.6 Å². The third-order valence-electron chi connectivity index (χ3n) is 3.13. The molecule has 0 saturated heterocycles. The van der Waals surface area contributed by atoms with Gasteiger partial charge in [-0.3, -0.25) is 4.79 Å². The van der Waals surface area contributed by atoms with Crippen LogP contribution in [0.3, 0.4) is 0 Å². The maximum Gasteiger partial charge on any atom is 0.200 e. The Kier molecular flexibility index (Phi) is 3.84. The molecule has 1 heterocycles. The topological polar surface area (TPSA) is 26.3 Å². The van der Waals surface area contributed by atoms with Gasteiger partial charge in [-0.2, -0.15) is 0 Å². The molecule has 1 aliphatic heterocycles. The van der Waals surface area contributed by atoms with Crippen LogP contribution in [0.5, 0.6) is 5.75 Å². The van der Waals surface area contributed by atoms with Gasteiger partial charge in [-0.1, -0.05) is 36.0 Å². The van der Waals surface area contributed by atoms with Gasteiger partial charge in [-0.05, 0) is 49.8 Å². The standard InChI is InChI=1S/C18H16O2S/c1-12(2)20-14-9-7-13(8-10-14)11-17-18(19)15-5-3-4-6-16(15)21-17/h3-12H,1-2H3/b17-11+. The van der Waals surface area contributed by atoms with Crippen molar-refractivity contribution in [1.82, 2.24) is 0 Å². The SMILES string of the molecule is CC(C)Oc1ccc(/C=C2/Sc3ccccc3C2=O)cc1. The van der Waals surface area contributed by atoms with Crippen LogP contribution in [0.15, 0.2) is 58.3 Å². The van der Waals surface area contributed by atoms with Crippen molar-refractivity contribution in [2.24, 2.45) is 0 Å². The molecule has 0 saturated carbocycles. The number of ether oxygens (including phenoxy) is 1.